The molecule has 17 nitrogen and oxygen atoms in total. The molecule has 0 aliphatic heterocycles. The van der Waals surface area contributed by atoms with E-state index in [4.69, 9.17) is 37.0 Å². The van der Waals surface area contributed by atoms with Crippen molar-refractivity contribution < 1.29 is 80.2 Å². The molecule has 0 aromatic rings. The van der Waals surface area contributed by atoms with Gasteiger partial charge in [-0.1, -0.05) is 290 Å². The Kier molecular flexibility index (Phi) is 74.8. The standard InChI is InChI=1S/C87H148O17P2/c1-5-9-13-17-21-25-29-33-37-39-40-42-46-50-54-58-62-66-70-74-87(92)104-83(78-98-85(90)72-68-64-60-56-52-48-44-36-32-28-24-20-16-12-8-4)80-102-106(95,96)100-76-81(88)75-99-105(93,94)101-79-82(77-97-84(89)71-67-63-59-55-51-47-43-35-31-27-23-19-15-11-7-3)103-86(91)73-69-65-61-57-53-49-45-41-38-34-30-26-22-18-14-10-6-2/h21-22,25-27,31,33-34,36-38,40,42,44-45,49-50,54,57,61-62,66,81-83,88H,5-20,23-24,28-30,32,35,39,41,43,46-48,51-53,55-56,58-60,63-65,67-80H2,1-4H3,(H,93,94)(H,95,96)/b25-21-,26-22-,31-27-,37-33-,38-34-,42-40-,44-36-,49-45-,54-50-,61-57-,66-62-/t81-,82+,83+/m0/s1. The summed E-state index contributed by atoms with van der Waals surface area (Å²) in [5, 5.41) is 10.7. The van der Waals surface area contributed by atoms with Gasteiger partial charge < -0.3 is 33.8 Å². The lowest BCUT2D eigenvalue weighted by Crippen LogP contribution is -2.30. The van der Waals surface area contributed by atoms with Crippen LogP contribution in [-0.4, -0.2) is 96.7 Å². The highest BCUT2D eigenvalue weighted by atomic mass is 31.2. The lowest BCUT2D eigenvalue weighted by Gasteiger charge is -2.21. The van der Waals surface area contributed by atoms with E-state index in [1.165, 1.54) is 109 Å². The summed E-state index contributed by atoms with van der Waals surface area (Å²) < 4.78 is 68.5. The predicted octanol–water partition coefficient (Wildman–Crippen LogP) is 24.4. The first kappa shape index (κ1) is 101. The van der Waals surface area contributed by atoms with E-state index < -0.39 is 97.5 Å². The molecular formula is C87H148O17P2. The molecule has 5 atom stereocenters. The molecule has 0 radical (unpaired) electrons. The Labute approximate surface area is 644 Å². The summed E-state index contributed by atoms with van der Waals surface area (Å²) in [5.74, 6) is -2.35. The number of hydrogen-bond acceptors (Lipinski definition) is 15. The predicted molar refractivity (Wildman–Crippen MR) is 436 cm³/mol. The van der Waals surface area contributed by atoms with Crippen molar-refractivity contribution in [3.05, 3.63) is 134 Å². The summed E-state index contributed by atoms with van der Waals surface area (Å²) in [6.07, 6.45) is 88.7. The van der Waals surface area contributed by atoms with Crippen molar-refractivity contribution in [3.63, 3.8) is 0 Å². The van der Waals surface area contributed by atoms with E-state index in [0.29, 0.717) is 38.5 Å². The molecule has 0 amide bonds. The van der Waals surface area contributed by atoms with Crippen molar-refractivity contribution in [2.75, 3.05) is 39.6 Å². The molecule has 0 aliphatic rings. The van der Waals surface area contributed by atoms with Gasteiger partial charge in [-0.2, -0.15) is 0 Å². The Balaban J connectivity index is 5.50. The number of aliphatic hydroxyl groups excluding tert-OH is 1. The number of carbonyl (C=O) groups is 4. The van der Waals surface area contributed by atoms with Gasteiger partial charge in [-0.25, -0.2) is 9.13 Å². The Morgan fingerprint density at radius 3 is 0.830 bits per heavy atom. The second-order valence-electron chi connectivity index (χ2n) is 27.3. The van der Waals surface area contributed by atoms with Crippen LogP contribution in [-0.2, 0) is 65.4 Å². The van der Waals surface area contributed by atoms with Gasteiger partial charge in [-0.3, -0.25) is 37.3 Å². The van der Waals surface area contributed by atoms with Crippen LogP contribution < -0.4 is 0 Å². The fraction of sp³-hybridized carbons (Fsp3) is 0.701. The quantitative estimate of drug-likeness (QED) is 0.0169. The Bertz CT molecular complexity index is 2530. The zero-order valence-corrected chi connectivity index (χ0v) is 68.4. The summed E-state index contributed by atoms with van der Waals surface area (Å²) in [6.45, 7) is 4.66. The highest BCUT2D eigenvalue weighted by Crippen LogP contribution is 2.45. The number of allylic oxidation sites excluding steroid dienone is 22. The Morgan fingerprint density at radius 2 is 0.491 bits per heavy atom. The number of phosphoric acid groups is 2. The molecule has 106 heavy (non-hydrogen) atoms. The maximum absolute atomic E-state index is 13.1. The number of rotatable bonds is 77. The first-order chi connectivity index (χ1) is 51.7. The van der Waals surface area contributed by atoms with Crippen LogP contribution in [0.15, 0.2) is 134 Å². The molecule has 0 bridgehead atoms. The molecule has 0 aromatic carbocycles. The van der Waals surface area contributed by atoms with Gasteiger partial charge in [0.25, 0.3) is 0 Å². The lowest BCUT2D eigenvalue weighted by molar-refractivity contribution is -0.161. The van der Waals surface area contributed by atoms with Crippen molar-refractivity contribution in [2.24, 2.45) is 0 Å². The molecule has 0 spiro atoms. The first-order valence-corrected chi connectivity index (χ1v) is 44.4. The zero-order chi connectivity index (χ0) is 77.4. The van der Waals surface area contributed by atoms with Crippen LogP contribution in [0.4, 0.5) is 0 Å². The third-order valence-electron chi connectivity index (χ3n) is 17.1. The summed E-state index contributed by atoms with van der Waals surface area (Å²) in [7, 11) is -10.0. The molecule has 2 unspecified atom stereocenters. The molecule has 0 aromatic heterocycles. The number of carbonyl (C=O) groups excluding carboxylic acids is 4. The van der Waals surface area contributed by atoms with Gasteiger partial charge in [-0.15, -0.1) is 0 Å². The average Bonchev–Trinajstić information content (AvgIpc) is 0.906. The van der Waals surface area contributed by atoms with Crippen LogP contribution in [0.3, 0.4) is 0 Å². The van der Waals surface area contributed by atoms with Crippen molar-refractivity contribution in [3.8, 4) is 0 Å². The first-order valence-electron chi connectivity index (χ1n) is 41.4. The number of esters is 4. The van der Waals surface area contributed by atoms with Crippen molar-refractivity contribution >= 4 is 39.5 Å². The van der Waals surface area contributed by atoms with Gasteiger partial charge in [0.1, 0.15) is 19.3 Å². The van der Waals surface area contributed by atoms with Crippen LogP contribution in [0, 0.1) is 0 Å². The van der Waals surface area contributed by atoms with Crippen LogP contribution in [0.2, 0.25) is 0 Å². The zero-order valence-electron chi connectivity index (χ0n) is 66.6. The summed E-state index contributed by atoms with van der Waals surface area (Å²) in [6, 6.07) is 0. The molecule has 19 heteroatoms. The minimum atomic E-state index is -5.01. The van der Waals surface area contributed by atoms with Crippen LogP contribution in [0.5, 0.6) is 0 Å². The molecule has 3 N–H and O–H groups in total. The van der Waals surface area contributed by atoms with E-state index in [1.54, 1.807) is 0 Å². The Morgan fingerprint density at radius 1 is 0.264 bits per heavy atom. The molecular weight excluding hydrogens is 1380 g/mol. The molecule has 0 heterocycles. The van der Waals surface area contributed by atoms with Gasteiger partial charge in [0, 0.05) is 25.7 Å². The van der Waals surface area contributed by atoms with E-state index >= 15 is 0 Å². The number of aliphatic hydroxyl groups is 1. The van der Waals surface area contributed by atoms with Gasteiger partial charge in [0.2, 0.25) is 0 Å². The van der Waals surface area contributed by atoms with E-state index in [9.17, 15) is 43.2 Å². The third-order valence-corrected chi connectivity index (χ3v) is 19.0. The topological polar surface area (TPSA) is 237 Å². The lowest BCUT2D eigenvalue weighted by atomic mass is 10.1. The summed E-state index contributed by atoms with van der Waals surface area (Å²) in [4.78, 5) is 73.1. The number of hydrogen-bond donors (Lipinski definition) is 3. The normalized spacial score (nSPS) is 14.5. The van der Waals surface area contributed by atoms with E-state index in [0.717, 1.165) is 135 Å². The number of ether oxygens (including phenoxy) is 4. The van der Waals surface area contributed by atoms with Gasteiger partial charge in [0.15, 0.2) is 12.2 Å². The van der Waals surface area contributed by atoms with Gasteiger partial charge in [0.05, 0.1) is 26.4 Å². The average molecular weight is 1530 g/mol. The fourth-order valence-corrected chi connectivity index (χ4v) is 12.3. The fourth-order valence-electron chi connectivity index (χ4n) is 10.7. The molecule has 0 rings (SSSR count). The van der Waals surface area contributed by atoms with Crippen molar-refractivity contribution in [1.82, 2.24) is 0 Å². The van der Waals surface area contributed by atoms with E-state index in [2.05, 4.69) is 131 Å². The van der Waals surface area contributed by atoms with Crippen molar-refractivity contribution in [2.45, 2.75) is 354 Å². The van der Waals surface area contributed by atoms with Crippen LogP contribution in [0.25, 0.3) is 0 Å². The Hall–Kier alpha value is -4.80. The van der Waals surface area contributed by atoms with E-state index in [1.807, 2.05) is 30.4 Å². The smallest absolute Gasteiger partial charge is 0.462 e. The number of unbranched alkanes of at least 4 members (excludes halogenated alkanes) is 29. The highest BCUT2D eigenvalue weighted by Gasteiger charge is 2.30. The number of phosphoric ester groups is 2. The molecule has 608 valence electrons. The highest BCUT2D eigenvalue weighted by molar-refractivity contribution is 7.47. The SMILES string of the molecule is CCCCC/C=C\C/C=C\C/C=C\C/C=C\C/C=C\CCC(=O)O[C@H](COC(=O)CCCCCCC/C=C\CCCCCCCC)COP(=O)(O)OC[C@@H](O)COP(=O)(O)OC[C@@H](COC(=O)CCCCCCCCC/C=C\CCCCCC)OC(=O)CCC/C=C\C/C=C\C/C=C\C/C=C\CCCCC. The summed E-state index contributed by atoms with van der Waals surface area (Å²) in [5.41, 5.74) is 0. The molecule has 0 aliphatic carbocycles. The molecule has 0 fully saturated rings. The second kappa shape index (κ2) is 78.3. The minimum absolute atomic E-state index is 0.0141. The largest absolute Gasteiger partial charge is 0.472 e. The maximum atomic E-state index is 13.1. The van der Waals surface area contributed by atoms with Crippen LogP contribution >= 0.6 is 15.6 Å². The molecule has 0 saturated carbocycles. The van der Waals surface area contributed by atoms with E-state index in [-0.39, 0.29) is 25.7 Å². The van der Waals surface area contributed by atoms with Crippen LogP contribution in [0.1, 0.15) is 336 Å². The minimum Gasteiger partial charge on any atom is -0.462 e. The summed E-state index contributed by atoms with van der Waals surface area (Å²) >= 11 is 0. The third kappa shape index (κ3) is 77.4. The molecule has 0 saturated heterocycles. The monoisotopic (exact) mass is 1530 g/mol. The van der Waals surface area contributed by atoms with Gasteiger partial charge in [-0.05, 0) is 154 Å². The maximum Gasteiger partial charge on any atom is 0.472 e. The van der Waals surface area contributed by atoms with Gasteiger partial charge >= 0.3 is 39.5 Å². The van der Waals surface area contributed by atoms with Crippen molar-refractivity contribution in [1.29, 1.82) is 0 Å². The second-order valence-corrected chi connectivity index (χ2v) is 30.3.